The van der Waals surface area contributed by atoms with Crippen LogP contribution in [-0.2, 0) is 0 Å². The molecule has 0 aliphatic heterocycles. The van der Waals surface area contributed by atoms with Gasteiger partial charge in [-0.1, -0.05) is 97.1 Å². The summed E-state index contributed by atoms with van der Waals surface area (Å²) in [7, 11) is 0. The van der Waals surface area contributed by atoms with Crippen molar-refractivity contribution < 1.29 is 8.83 Å². The number of furan rings is 2. The Balaban J connectivity index is 1.17. The van der Waals surface area contributed by atoms with E-state index in [9.17, 15) is 0 Å². The zero-order chi connectivity index (χ0) is 33.9. The van der Waals surface area contributed by atoms with Gasteiger partial charge in [-0.2, -0.15) is 0 Å². The summed E-state index contributed by atoms with van der Waals surface area (Å²) in [5, 5.41) is 7.83. The number of para-hydroxylation sites is 5. The lowest BCUT2D eigenvalue weighted by atomic mass is 9.96. The van der Waals surface area contributed by atoms with Crippen LogP contribution in [0, 0.1) is 0 Å². The molecule has 6 heteroatoms. The lowest BCUT2D eigenvalue weighted by molar-refractivity contribution is 0.665. The van der Waals surface area contributed by atoms with E-state index in [0.717, 1.165) is 77.3 Å². The van der Waals surface area contributed by atoms with Gasteiger partial charge in [-0.25, -0.2) is 9.97 Å². The predicted molar refractivity (Wildman–Crippen MR) is 211 cm³/mol. The predicted octanol–water partition coefficient (Wildman–Crippen LogP) is 12.1. The number of fused-ring (bicyclic) bond motifs is 12. The fourth-order valence-electron chi connectivity index (χ4n) is 8.42. The fraction of sp³-hybridized carbons (Fsp3) is 0. The average Bonchev–Trinajstić information content (AvgIpc) is 3.95. The molecule has 0 saturated carbocycles. The fourth-order valence-corrected chi connectivity index (χ4v) is 8.42. The molecule has 0 N–H and O–H groups in total. The molecule has 7 aromatic carbocycles. The van der Waals surface area contributed by atoms with E-state index in [-0.39, 0.29) is 0 Å². The summed E-state index contributed by atoms with van der Waals surface area (Å²) in [6.07, 6.45) is 1.80. The van der Waals surface area contributed by atoms with Gasteiger partial charge in [0.25, 0.3) is 0 Å². The minimum atomic E-state index is 0.604. The van der Waals surface area contributed by atoms with Crippen LogP contribution in [0.25, 0.3) is 110 Å². The third-order valence-corrected chi connectivity index (χ3v) is 10.6. The molecular weight excluding hydrogens is 641 g/mol. The molecule has 242 valence electrons. The van der Waals surface area contributed by atoms with E-state index >= 15 is 0 Å². The third-order valence-electron chi connectivity index (χ3n) is 10.6. The van der Waals surface area contributed by atoms with E-state index in [1.54, 1.807) is 6.20 Å². The highest BCUT2D eigenvalue weighted by molar-refractivity contribution is 6.17. The van der Waals surface area contributed by atoms with Crippen LogP contribution in [0.5, 0.6) is 0 Å². The molecule has 0 radical (unpaired) electrons. The molecule has 0 bridgehead atoms. The highest BCUT2D eigenvalue weighted by Gasteiger charge is 2.23. The van der Waals surface area contributed by atoms with Crippen molar-refractivity contribution >= 4 is 87.6 Å². The van der Waals surface area contributed by atoms with E-state index in [2.05, 4.69) is 149 Å². The minimum Gasteiger partial charge on any atom is -0.456 e. The molecule has 0 unspecified atom stereocenters. The van der Waals surface area contributed by atoms with Crippen molar-refractivity contribution in [3.63, 3.8) is 0 Å². The smallest absolute Gasteiger partial charge is 0.235 e. The zero-order valence-electron chi connectivity index (χ0n) is 27.6. The van der Waals surface area contributed by atoms with E-state index in [4.69, 9.17) is 18.8 Å². The summed E-state index contributed by atoms with van der Waals surface area (Å²) in [4.78, 5) is 10.1. The van der Waals surface area contributed by atoms with Crippen molar-refractivity contribution in [2.45, 2.75) is 0 Å². The van der Waals surface area contributed by atoms with Crippen LogP contribution in [0.4, 0.5) is 0 Å². The summed E-state index contributed by atoms with van der Waals surface area (Å²) < 4.78 is 17.4. The van der Waals surface area contributed by atoms with Crippen LogP contribution in [-0.4, -0.2) is 19.1 Å². The Morgan fingerprint density at radius 1 is 0.423 bits per heavy atom. The van der Waals surface area contributed by atoms with Gasteiger partial charge in [0.05, 0.1) is 34.0 Å². The van der Waals surface area contributed by atoms with Crippen LogP contribution < -0.4 is 0 Å². The molecule has 0 fully saturated rings. The van der Waals surface area contributed by atoms with Crippen LogP contribution >= 0.6 is 0 Å². The van der Waals surface area contributed by atoms with Crippen LogP contribution in [0.3, 0.4) is 0 Å². The van der Waals surface area contributed by atoms with Gasteiger partial charge in [-0.05, 0) is 60.2 Å². The average molecular weight is 667 g/mol. The Hall–Kier alpha value is -7.18. The number of nitrogens with zero attached hydrogens (tertiary/aromatic N) is 4. The normalized spacial score (nSPS) is 12.2. The third kappa shape index (κ3) is 3.67. The molecule has 6 nitrogen and oxygen atoms in total. The summed E-state index contributed by atoms with van der Waals surface area (Å²) in [6, 6.07) is 53.1. The topological polar surface area (TPSA) is 61.9 Å². The van der Waals surface area contributed by atoms with Gasteiger partial charge in [0, 0.05) is 43.3 Å². The van der Waals surface area contributed by atoms with Crippen molar-refractivity contribution in [1.82, 2.24) is 19.1 Å². The summed E-state index contributed by atoms with van der Waals surface area (Å²) >= 11 is 0. The Labute approximate surface area is 295 Å². The molecule has 0 aliphatic carbocycles. The largest absolute Gasteiger partial charge is 0.456 e. The second kappa shape index (κ2) is 10.2. The first kappa shape index (κ1) is 27.6. The first-order valence-electron chi connectivity index (χ1n) is 17.4. The molecule has 0 spiro atoms. The number of hydrogen-bond donors (Lipinski definition) is 0. The van der Waals surface area contributed by atoms with Gasteiger partial charge < -0.3 is 13.4 Å². The first-order chi connectivity index (χ1) is 25.8. The Morgan fingerprint density at radius 2 is 0.942 bits per heavy atom. The lowest BCUT2D eigenvalue weighted by Crippen LogP contribution is -2.00. The first-order valence-corrected chi connectivity index (χ1v) is 17.4. The second-order valence-corrected chi connectivity index (χ2v) is 13.4. The zero-order valence-corrected chi connectivity index (χ0v) is 27.6. The van der Waals surface area contributed by atoms with Crippen molar-refractivity contribution in [2.75, 3.05) is 0 Å². The molecule has 12 aromatic rings. The van der Waals surface area contributed by atoms with Crippen molar-refractivity contribution in [2.24, 2.45) is 0 Å². The lowest BCUT2D eigenvalue weighted by Gasteiger charge is -2.15. The number of benzene rings is 7. The molecule has 0 atom stereocenters. The molecular formula is C46H26N4O2. The minimum absolute atomic E-state index is 0.604. The molecule has 52 heavy (non-hydrogen) atoms. The molecule has 5 aromatic heterocycles. The quantitative estimate of drug-likeness (QED) is 0.188. The monoisotopic (exact) mass is 666 g/mol. The van der Waals surface area contributed by atoms with Crippen molar-refractivity contribution in [1.29, 1.82) is 0 Å². The van der Waals surface area contributed by atoms with Crippen molar-refractivity contribution in [3.05, 3.63) is 158 Å². The van der Waals surface area contributed by atoms with Crippen molar-refractivity contribution in [3.8, 4) is 22.8 Å². The van der Waals surface area contributed by atoms with Gasteiger partial charge >= 0.3 is 0 Å². The molecule has 0 amide bonds. The molecule has 12 rings (SSSR count). The molecule has 0 saturated heterocycles. The molecule has 0 aliphatic rings. The van der Waals surface area contributed by atoms with E-state index in [1.165, 1.54) is 21.5 Å². The Morgan fingerprint density at radius 3 is 1.60 bits per heavy atom. The number of hydrogen-bond acceptors (Lipinski definition) is 4. The Kier molecular flexibility index (Phi) is 5.41. The molecule has 5 heterocycles. The number of rotatable bonds is 3. The van der Waals surface area contributed by atoms with E-state index < -0.39 is 0 Å². The maximum Gasteiger partial charge on any atom is 0.235 e. The Bertz CT molecular complexity index is 3330. The van der Waals surface area contributed by atoms with Gasteiger partial charge in [-0.3, -0.25) is 4.57 Å². The van der Waals surface area contributed by atoms with E-state index in [0.29, 0.717) is 11.5 Å². The van der Waals surface area contributed by atoms with Gasteiger partial charge in [0.1, 0.15) is 22.3 Å². The standard InChI is InChI=1S/C46H26N4O2/c1-6-16-34-28(11-1)29-12-2-7-17-35(29)49(34)38-22-24-41-44(32-15-5-10-20-39(32)51-41)43(38)27-21-23-40-33(25-27)45-42(52-40)26-47-46(48-45)50-36-18-8-3-13-30(36)31-14-4-9-19-37(31)50/h1-26H. The summed E-state index contributed by atoms with van der Waals surface area (Å²) in [5.41, 5.74) is 11.5. The van der Waals surface area contributed by atoms with Crippen LogP contribution in [0.15, 0.2) is 167 Å². The van der Waals surface area contributed by atoms with Crippen LogP contribution in [0.2, 0.25) is 0 Å². The van der Waals surface area contributed by atoms with Gasteiger partial charge in [0.15, 0.2) is 5.58 Å². The van der Waals surface area contributed by atoms with Gasteiger partial charge in [0.2, 0.25) is 5.95 Å². The highest BCUT2D eigenvalue weighted by Crippen LogP contribution is 2.44. The van der Waals surface area contributed by atoms with Crippen LogP contribution in [0.1, 0.15) is 0 Å². The number of aromatic nitrogens is 4. The van der Waals surface area contributed by atoms with E-state index in [1.807, 2.05) is 12.1 Å². The summed E-state index contributed by atoms with van der Waals surface area (Å²) in [6.45, 7) is 0. The maximum atomic E-state index is 6.48. The maximum absolute atomic E-state index is 6.48. The second-order valence-electron chi connectivity index (χ2n) is 13.4. The highest BCUT2D eigenvalue weighted by atomic mass is 16.3. The summed E-state index contributed by atoms with van der Waals surface area (Å²) in [5.74, 6) is 0.604. The SMILES string of the molecule is c1ccc2c(c1)oc1ccc(-n3c4ccccc4c4ccccc43)c(-c3ccc4oc5cnc(-n6c7ccccc7c7ccccc76)nc5c4c3)c12. The van der Waals surface area contributed by atoms with Gasteiger partial charge in [-0.15, -0.1) is 0 Å².